The molecule has 0 bridgehead atoms. The lowest BCUT2D eigenvalue weighted by Crippen LogP contribution is -2.43. The second kappa shape index (κ2) is 7.23. The molecule has 1 amide bonds. The lowest BCUT2D eigenvalue weighted by molar-refractivity contribution is -0.135. The number of fused-ring (bicyclic) bond motifs is 1. The number of ether oxygens (including phenoxy) is 1. The normalized spacial score (nSPS) is 14.6. The highest BCUT2D eigenvalue weighted by atomic mass is 19.1. The van der Waals surface area contributed by atoms with Crippen LogP contribution in [0.1, 0.15) is 5.56 Å². The highest BCUT2D eigenvalue weighted by molar-refractivity contribution is 5.76. The van der Waals surface area contributed by atoms with Crippen molar-refractivity contribution in [3.8, 4) is 0 Å². The van der Waals surface area contributed by atoms with Gasteiger partial charge in [-0.25, -0.2) is 14.1 Å². The van der Waals surface area contributed by atoms with E-state index < -0.39 is 5.56 Å². The monoisotopic (exact) mass is 372 g/mol. The number of benzene rings is 1. The van der Waals surface area contributed by atoms with E-state index in [1.807, 2.05) is 0 Å². The van der Waals surface area contributed by atoms with Gasteiger partial charge in [-0.3, -0.25) is 14.2 Å². The smallest absolute Gasteiger partial charge is 0.283 e. The van der Waals surface area contributed by atoms with Crippen molar-refractivity contribution in [2.75, 3.05) is 26.3 Å². The molecule has 2 aromatic heterocycles. The Morgan fingerprint density at radius 3 is 2.67 bits per heavy atom. The minimum Gasteiger partial charge on any atom is -0.378 e. The van der Waals surface area contributed by atoms with E-state index >= 15 is 0 Å². The van der Waals surface area contributed by atoms with Gasteiger partial charge in [0.25, 0.3) is 5.56 Å². The Kier molecular flexibility index (Phi) is 4.63. The maximum atomic E-state index is 13.0. The molecule has 3 heterocycles. The summed E-state index contributed by atoms with van der Waals surface area (Å²) < 4.78 is 21.0. The summed E-state index contributed by atoms with van der Waals surface area (Å²) in [7, 11) is 0. The van der Waals surface area contributed by atoms with E-state index in [9.17, 15) is 14.0 Å². The molecule has 1 fully saturated rings. The lowest BCUT2D eigenvalue weighted by atomic mass is 10.2. The molecule has 1 aromatic carbocycles. The Balaban J connectivity index is 1.56. The Morgan fingerprint density at radius 1 is 1.19 bits per heavy atom. The molecule has 0 radical (unpaired) electrons. The quantitative estimate of drug-likeness (QED) is 0.642. The van der Waals surface area contributed by atoms with E-state index in [0.717, 1.165) is 5.56 Å². The number of carbonyl (C=O) groups excluding carboxylic acids is 1. The second-order valence-corrected chi connectivity index (χ2v) is 6.22. The average molecular weight is 372 g/mol. The fraction of sp³-hybridized carbons (Fsp3) is 0.353. The van der Waals surface area contributed by atoms with E-state index in [-0.39, 0.29) is 23.8 Å². The summed E-state index contributed by atoms with van der Waals surface area (Å²) in [5.74, 6) is -0.492. The predicted molar refractivity (Wildman–Crippen MR) is 92.5 cm³/mol. The number of hydrogen-bond acceptors (Lipinski definition) is 6. The molecule has 27 heavy (non-hydrogen) atoms. The molecule has 140 valence electrons. The molecule has 4 rings (SSSR count). The van der Waals surface area contributed by atoms with Crippen LogP contribution in [0.5, 0.6) is 0 Å². The van der Waals surface area contributed by atoms with Crippen molar-refractivity contribution >= 4 is 17.1 Å². The summed E-state index contributed by atoms with van der Waals surface area (Å²) in [4.78, 5) is 30.9. The van der Waals surface area contributed by atoms with Gasteiger partial charge in [0.15, 0.2) is 11.2 Å². The summed E-state index contributed by atoms with van der Waals surface area (Å²) in [6.45, 7) is 2.21. The lowest BCUT2D eigenvalue weighted by Gasteiger charge is -2.26. The molecule has 1 aliphatic rings. The summed E-state index contributed by atoms with van der Waals surface area (Å²) in [5, 5.41) is 7.88. The number of hydrogen-bond donors (Lipinski definition) is 0. The van der Waals surface area contributed by atoms with Gasteiger partial charge in [-0.15, -0.1) is 5.10 Å². The van der Waals surface area contributed by atoms with Gasteiger partial charge >= 0.3 is 0 Å². The molecule has 9 nitrogen and oxygen atoms in total. The van der Waals surface area contributed by atoms with Crippen LogP contribution in [0.15, 0.2) is 35.4 Å². The van der Waals surface area contributed by atoms with Crippen molar-refractivity contribution in [2.24, 2.45) is 0 Å². The van der Waals surface area contributed by atoms with Gasteiger partial charge in [-0.05, 0) is 17.7 Å². The highest BCUT2D eigenvalue weighted by Crippen LogP contribution is 2.09. The molecule has 0 N–H and O–H groups in total. The minimum atomic E-state index is -0.424. The van der Waals surface area contributed by atoms with E-state index in [0.29, 0.717) is 38.5 Å². The topological polar surface area (TPSA) is 95.1 Å². The molecule has 0 saturated carbocycles. The van der Waals surface area contributed by atoms with Crippen LogP contribution in [0.3, 0.4) is 0 Å². The van der Waals surface area contributed by atoms with Crippen molar-refractivity contribution in [3.63, 3.8) is 0 Å². The maximum absolute atomic E-state index is 13.0. The Hall–Kier alpha value is -3.14. The van der Waals surface area contributed by atoms with Gasteiger partial charge in [0.05, 0.1) is 19.8 Å². The van der Waals surface area contributed by atoms with Gasteiger partial charge in [0.1, 0.15) is 18.7 Å². The van der Waals surface area contributed by atoms with Crippen LogP contribution in [0.2, 0.25) is 0 Å². The number of halogens is 1. The van der Waals surface area contributed by atoms with Crippen LogP contribution in [0.4, 0.5) is 4.39 Å². The van der Waals surface area contributed by atoms with E-state index in [2.05, 4.69) is 15.3 Å². The van der Waals surface area contributed by atoms with Gasteiger partial charge < -0.3 is 9.64 Å². The Labute approximate surface area is 153 Å². The van der Waals surface area contributed by atoms with Crippen LogP contribution < -0.4 is 5.56 Å². The third-order valence-corrected chi connectivity index (χ3v) is 4.41. The summed E-state index contributed by atoms with van der Waals surface area (Å²) in [5.41, 5.74) is 0.789. The van der Waals surface area contributed by atoms with Crippen molar-refractivity contribution in [1.82, 2.24) is 29.4 Å². The number of nitrogens with zero attached hydrogens (tertiary/aromatic N) is 6. The van der Waals surface area contributed by atoms with Crippen LogP contribution in [-0.2, 0) is 22.6 Å². The summed E-state index contributed by atoms with van der Waals surface area (Å²) >= 11 is 0. The van der Waals surface area contributed by atoms with Gasteiger partial charge in [0, 0.05) is 13.1 Å². The van der Waals surface area contributed by atoms with Crippen molar-refractivity contribution in [1.29, 1.82) is 0 Å². The molecular weight excluding hydrogens is 355 g/mol. The van der Waals surface area contributed by atoms with E-state index in [1.165, 1.54) is 27.7 Å². The zero-order chi connectivity index (χ0) is 18.8. The zero-order valence-corrected chi connectivity index (χ0v) is 14.4. The fourth-order valence-electron chi connectivity index (χ4n) is 2.93. The van der Waals surface area contributed by atoms with Gasteiger partial charge in [-0.2, -0.15) is 0 Å². The first-order chi connectivity index (χ1) is 13.1. The highest BCUT2D eigenvalue weighted by Gasteiger charge is 2.19. The molecule has 0 aliphatic carbocycles. The SMILES string of the molecule is O=C(Cn1cnc2c(nnn2Cc2ccc(F)cc2)c1=O)N1CCOCC1. The molecule has 0 spiro atoms. The zero-order valence-electron chi connectivity index (χ0n) is 14.4. The van der Waals surface area contributed by atoms with Gasteiger partial charge in [-0.1, -0.05) is 17.3 Å². The number of morpholine rings is 1. The minimum absolute atomic E-state index is 0.0920. The number of carbonyl (C=O) groups is 1. The molecular formula is C17H17FN6O3. The largest absolute Gasteiger partial charge is 0.378 e. The molecule has 0 atom stereocenters. The average Bonchev–Trinajstić information content (AvgIpc) is 3.10. The van der Waals surface area contributed by atoms with E-state index in [1.54, 1.807) is 17.0 Å². The molecule has 3 aromatic rings. The van der Waals surface area contributed by atoms with Crippen molar-refractivity contribution < 1.29 is 13.9 Å². The standard InChI is InChI=1S/C17H17FN6O3/c18-13-3-1-12(2-4-13)9-24-16-15(20-21-24)17(26)23(11-19-16)10-14(25)22-5-7-27-8-6-22/h1-4,11H,5-10H2. The fourth-order valence-corrected chi connectivity index (χ4v) is 2.93. The van der Waals surface area contributed by atoms with Crippen molar-refractivity contribution in [2.45, 2.75) is 13.1 Å². The summed E-state index contributed by atoms with van der Waals surface area (Å²) in [6.07, 6.45) is 1.33. The van der Waals surface area contributed by atoms with Gasteiger partial charge in [0.2, 0.25) is 5.91 Å². The van der Waals surface area contributed by atoms with Crippen LogP contribution >= 0.6 is 0 Å². The number of rotatable bonds is 4. The van der Waals surface area contributed by atoms with Crippen LogP contribution in [0, 0.1) is 5.82 Å². The first kappa shape index (κ1) is 17.3. The first-order valence-corrected chi connectivity index (χ1v) is 8.50. The Morgan fingerprint density at radius 2 is 1.93 bits per heavy atom. The predicted octanol–water partition coefficient (Wildman–Crippen LogP) is 0.0342. The summed E-state index contributed by atoms with van der Waals surface area (Å²) in [6, 6.07) is 5.97. The molecule has 1 aliphatic heterocycles. The number of amides is 1. The molecule has 0 unspecified atom stereocenters. The first-order valence-electron chi connectivity index (χ1n) is 8.50. The molecule has 10 heteroatoms. The molecule has 1 saturated heterocycles. The maximum Gasteiger partial charge on any atom is 0.283 e. The Bertz CT molecular complexity index is 1020. The number of aromatic nitrogens is 5. The second-order valence-electron chi connectivity index (χ2n) is 6.22. The van der Waals surface area contributed by atoms with Crippen LogP contribution in [0.25, 0.3) is 11.2 Å². The van der Waals surface area contributed by atoms with E-state index in [4.69, 9.17) is 4.74 Å². The van der Waals surface area contributed by atoms with Crippen molar-refractivity contribution in [3.05, 3.63) is 52.3 Å². The third kappa shape index (κ3) is 3.56. The van der Waals surface area contributed by atoms with Crippen LogP contribution in [-0.4, -0.2) is 61.7 Å². The third-order valence-electron chi connectivity index (χ3n) is 4.41.